The zero-order valence-corrected chi connectivity index (χ0v) is 11.2. The maximum atomic E-state index is 5.98. The second-order valence-corrected chi connectivity index (χ2v) is 4.89. The van der Waals surface area contributed by atoms with Crippen LogP contribution in [0.3, 0.4) is 0 Å². The van der Waals surface area contributed by atoms with Crippen molar-refractivity contribution in [3.8, 4) is 0 Å². The van der Waals surface area contributed by atoms with Gasteiger partial charge in [-0.15, -0.1) is 0 Å². The minimum Gasteiger partial charge on any atom is -0.333 e. The van der Waals surface area contributed by atoms with Gasteiger partial charge in [0.2, 0.25) is 0 Å². The van der Waals surface area contributed by atoms with Crippen LogP contribution in [-0.2, 0) is 19.6 Å². The summed E-state index contributed by atoms with van der Waals surface area (Å²) < 4.78 is 4.16. The van der Waals surface area contributed by atoms with Gasteiger partial charge in [-0.1, -0.05) is 0 Å². The van der Waals surface area contributed by atoms with Crippen LogP contribution >= 0.6 is 0 Å². The van der Waals surface area contributed by atoms with E-state index < -0.39 is 0 Å². The monoisotopic (exact) mass is 260 g/mol. The Hall–Kier alpha value is -1.66. The quantitative estimate of drug-likeness (QED) is 0.875. The van der Waals surface area contributed by atoms with Gasteiger partial charge in [0, 0.05) is 50.3 Å². The molecule has 0 saturated heterocycles. The van der Waals surface area contributed by atoms with Crippen molar-refractivity contribution in [2.75, 3.05) is 13.1 Å². The first-order chi connectivity index (χ1) is 9.31. The highest BCUT2D eigenvalue weighted by Crippen LogP contribution is 2.23. The molecule has 0 bridgehead atoms. The van der Waals surface area contributed by atoms with Gasteiger partial charge >= 0.3 is 0 Å². The van der Waals surface area contributed by atoms with Crippen LogP contribution in [0, 0.1) is 0 Å². The first-order valence-electron chi connectivity index (χ1n) is 6.78. The molecule has 0 aromatic carbocycles. The molecule has 3 rings (SSSR count). The van der Waals surface area contributed by atoms with E-state index >= 15 is 0 Å². The van der Waals surface area contributed by atoms with Crippen LogP contribution < -0.4 is 5.73 Å². The van der Waals surface area contributed by atoms with Crippen molar-refractivity contribution < 1.29 is 0 Å². The molecule has 3 heterocycles. The number of hydrogen-bond donors (Lipinski definition) is 1. The Morgan fingerprint density at radius 3 is 3.05 bits per heavy atom. The molecule has 0 saturated carbocycles. The molecule has 2 N–H and O–H groups in total. The van der Waals surface area contributed by atoms with E-state index in [1.165, 1.54) is 5.56 Å². The molecule has 102 valence electrons. The molecule has 6 nitrogen and oxygen atoms in total. The molecule has 0 spiro atoms. The van der Waals surface area contributed by atoms with E-state index in [0.29, 0.717) is 6.54 Å². The maximum Gasteiger partial charge on any atom is 0.122 e. The van der Waals surface area contributed by atoms with Crippen molar-refractivity contribution in [3.05, 3.63) is 36.2 Å². The average Bonchev–Trinajstić information content (AvgIpc) is 3.07. The van der Waals surface area contributed by atoms with E-state index in [1.54, 1.807) is 0 Å². The van der Waals surface area contributed by atoms with E-state index in [9.17, 15) is 0 Å². The molecule has 0 radical (unpaired) electrons. The van der Waals surface area contributed by atoms with Crippen molar-refractivity contribution in [3.63, 3.8) is 0 Å². The molecule has 1 aliphatic heterocycles. The summed E-state index contributed by atoms with van der Waals surface area (Å²) in [6.07, 6.45) is 7.94. The lowest BCUT2D eigenvalue weighted by Gasteiger charge is -2.33. The number of fused-ring (bicyclic) bond motifs is 1. The average molecular weight is 260 g/mol. The summed E-state index contributed by atoms with van der Waals surface area (Å²) in [5.41, 5.74) is 7.17. The minimum atomic E-state index is 0.228. The zero-order chi connectivity index (χ0) is 13.2. The molecule has 2 aromatic rings. The molecule has 1 atom stereocenters. The lowest BCUT2D eigenvalue weighted by atomic mass is 10.1. The van der Waals surface area contributed by atoms with Gasteiger partial charge in [0.15, 0.2) is 0 Å². The van der Waals surface area contributed by atoms with Gasteiger partial charge < -0.3 is 10.3 Å². The molecule has 0 amide bonds. The Morgan fingerprint density at radius 1 is 1.42 bits per heavy atom. The third kappa shape index (κ3) is 2.29. The Bertz CT molecular complexity index is 543. The van der Waals surface area contributed by atoms with Gasteiger partial charge in [0.25, 0.3) is 0 Å². The van der Waals surface area contributed by atoms with Crippen LogP contribution in [-0.4, -0.2) is 37.3 Å². The third-order valence-electron chi connectivity index (χ3n) is 3.80. The normalized spacial score (nSPS) is 17.4. The Balaban J connectivity index is 1.80. The van der Waals surface area contributed by atoms with Crippen LogP contribution in [0.25, 0.3) is 0 Å². The summed E-state index contributed by atoms with van der Waals surface area (Å²) in [4.78, 5) is 6.79. The maximum absolute atomic E-state index is 5.98. The van der Waals surface area contributed by atoms with Crippen LogP contribution in [0.5, 0.6) is 0 Å². The highest BCUT2D eigenvalue weighted by Gasteiger charge is 2.25. The van der Waals surface area contributed by atoms with Gasteiger partial charge in [-0.05, 0) is 6.92 Å². The number of aryl methyl sites for hydroxylation is 1. The SMILES string of the molecule is CCn1cc(C(CN)N2CCn3ccnc3C2)cn1. The predicted molar refractivity (Wildman–Crippen MR) is 72.3 cm³/mol. The molecule has 1 aliphatic rings. The van der Waals surface area contributed by atoms with Crippen LogP contribution in [0.15, 0.2) is 24.8 Å². The predicted octanol–water partition coefficient (Wildman–Crippen LogP) is 0.615. The highest BCUT2D eigenvalue weighted by molar-refractivity contribution is 5.12. The highest BCUT2D eigenvalue weighted by atomic mass is 15.3. The molecule has 6 heteroatoms. The van der Waals surface area contributed by atoms with E-state index in [0.717, 1.165) is 32.0 Å². The minimum absolute atomic E-state index is 0.228. The van der Waals surface area contributed by atoms with Crippen LogP contribution in [0.1, 0.15) is 24.4 Å². The fourth-order valence-corrected chi connectivity index (χ4v) is 2.68. The molecule has 1 unspecified atom stereocenters. The molecule has 19 heavy (non-hydrogen) atoms. The lowest BCUT2D eigenvalue weighted by molar-refractivity contribution is 0.156. The number of nitrogens with zero attached hydrogens (tertiary/aromatic N) is 5. The van der Waals surface area contributed by atoms with E-state index in [-0.39, 0.29) is 6.04 Å². The molecular weight excluding hydrogens is 240 g/mol. The summed E-state index contributed by atoms with van der Waals surface area (Å²) in [7, 11) is 0. The topological polar surface area (TPSA) is 64.9 Å². The summed E-state index contributed by atoms with van der Waals surface area (Å²) in [5, 5.41) is 4.35. The van der Waals surface area contributed by atoms with Crippen molar-refractivity contribution in [2.24, 2.45) is 5.73 Å². The number of hydrogen-bond acceptors (Lipinski definition) is 4. The smallest absolute Gasteiger partial charge is 0.122 e. The van der Waals surface area contributed by atoms with E-state index in [4.69, 9.17) is 5.73 Å². The number of nitrogens with two attached hydrogens (primary N) is 1. The second-order valence-electron chi connectivity index (χ2n) is 4.89. The Labute approximate surface area is 112 Å². The van der Waals surface area contributed by atoms with Crippen LogP contribution in [0.2, 0.25) is 0 Å². The first kappa shape index (κ1) is 12.4. The van der Waals surface area contributed by atoms with Gasteiger partial charge in [-0.2, -0.15) is 5.10 Å². The van der Waals surface area contributed by atoms with Crippen molar-refractivity contribution >= 4 is 0 Å². The number of imidazole rings is 1. The van der Waals surface area contributed by atoms with E-state index in [2.05, 4.69) is 32.7 Å². The fraction of sp³-hybridized carbons (Fsp3) is 0.538. The van der Waals surface area contributed by atoms with Crippen LogP contribution in [0.4, 0.5) is 0 Å². The van der Waals surface area contributed by atoms with Gasteiger partial charge in [0.05, 0.1) is 18.8 Å². The number of rotatable bonds is 4. The van der Waals surface area contributed by atoms with Gasteiger partial charge in [0.1, 0.15) is 5.82 Å². The summed E-state index contributed by atoms with van der Waals surface area (Å²) in [6.45, 7) is 6.42. The third-order valence-corrected chi connectivity index (χ3v) is 3.80. The summed E-state index contributed by atoms with van der Waals surface area (Å²) >= 11 is 0. The zero-order valence-electron chi connectivity index (χ0n) is 11.2. The molecule has 0 fully saturated rings. The lowest BCUT2D eigenvalue weighted by Crippen LogP contribution is -2.39. The van der Waals surface area contributed by atoms with Gasteiger partial charge in [-0.3, -0.25) is 9.58 Å². The first-order valence-corrected chi connectivity index (χ1v) is 6.78. The van der Waals surface area contributed by atoms with Crippen molar-refractivity contribution in [1.82, 2.24) is 24.2 Å². The standard InChI is InChI=1S/C13H20N6/c1-2-19-9-11(8-16-19)12(7-14)18-6-5-17-4-3-15-13(17)10-18/h3-4,8-9,12H,2,5-7,10,14H2,1H3. The number of aromatic nitrogens is 4. The summed E-state index contributed by atoms with van der Waals surface area (Å²) in [5.74, 6) is 1.12. The van der Waals surface area contributed by atoms with E-state index in [1.807, 2.05) is 23.3 Å². The Morgan fingerprint density at radius 2 is 2.32 bits per heavy atom. The van der Waals surface area contributed by atoms with Gasteiger partial charge in [-0.25, -0.2) is 4.98 Å². The fourth-order valence-electron chi connectivity index (χ4n) is 2.68. The molecule has 0 aliphatic carbocycles. The molecule has 2 aromatic heterocycles. The second kappa shape index (κ2) is 5.14. The summed E-state index contributed by atoms with van der Waals surface area (Å²) in [6, 6.07) is 0.228. The Kier molecular flexibility index (Phi) is 3.35. The largest absolute Gasteiger partial charge is 0.333 e. The van der Waals surface area contributed by atoms with Crippen molar-refractivity contribution in [2.45, 2.75) is 32.6 Å². The van der Waals surface area contributed by atoms with Crippen molar-refractivity contribution in [1.29, 1.82) is 0 Å². The molecular formula is C13H20N6.